The predicted octanol–water partition coefficient (Wildman–Crippen LogP) is 4.88. The maximum atomic E-state index is 12.6. The Morgan fingerprint density at radius 2 is 1.83 bits per heavy atom. The molecule has 0 aromatic heterocycles. The van der Waals surface area contributed by atoms with Gasteiger partial charge in [0.05, 0.1) is 19.6 Å². The lowest BCUT2D eigenvalue weighted by Crippen LogP contribution is -2.36. The van der Waals surface area contributed by atoms with Crippen molar-refractivity contribution in [3.63, 3.8) is 0 Å². The van der Waals surface area contributed by atoms with Gasteiger partial charge in [-0.1, -0.05) is 19.9 Å². The van der Waals surface area contributed by atoms with Crippen LogP contribution in [0.2, 0.25) is 0 Å². The van der Waals surface area contributed by atoms with E-state index in [9.17, 15) is 14.7 Å². The molecule has 8 nitrogen and oxygen atoms in total. The normalized spacial score (nSPS) is 19.0. The zero-order valence-corrected chi connectivity index (χ0v) is 22.3. The number of amides is 1. The summed E-state index contributed by atoms with van der Waals surface area (Å²) in [5.74, 6) is 0.379. The molecule has 2 unspecified atom stereocenters. The van der Waals surface area contributed by atoms with Gasteiger partial charge < -0.3 is 29.0 Å². The van der Waals surface area contributed by atoms with Gasteiger partial charge in [0.1, 0.15) is 5.60 Å². The molecule has 1 aliphatic rings. The van der Waals surface area contributed by atoms with Crippen LogP contribution in [0.1, 0.15) is 53.0 Å². The molecule has 35 heavy (non-hydrogen) atoms. The third-order valence-corrected chi connectivity index (χ3v) is 6.43. The van der Waals surface area contributed by atoms with Crippen molar-refractivity contribution in [3.8, 4) is 11.5 Å². The third kappa shape index (κ3) is 8.91. The molecule has 1 aromatic rings. The Morgan fingerprint density at radius 1 is 1.11 bits per heavy atom. The van der Waals surface area contributed by atoms with Crippen LogP contribution in [0.15, 0.2) is 18.2 Å². The number of hydrogen-bond donors (Lipinski definition) is 1. The Balaban J connectivity index is 2.13. The maximum Gasteiger partial charge on any atom is 0.410 e. The second-order valence-corrected chi connectivity index (χ2v) is 10.7. The molecule has 0 radical (unpaired) electrons. The standard InChI is InChI=1S/C27H43NO7/c1-18(2)20(13-19-9-10-23(33-7)24(14-19)34-12-8-11-32-6)15-21-16-28(17-22(21)25(29)30)26(31)35-27(3,4)5/h9-10,14,18,20-22H,8,11-13,15-17H2,1-7H3,(H,29,30)/t20-,21?,22?/m0/s1. The third-order valence-electron chi connectivity index (χ3n) is 6.43. The predicted molar refractivity (Wildman–Crippen MR) is 134 cm³/mol. The number of rotatable bonds is 12. The van der Waals surface area contributed by atoms with Crippen LogP contribution in [0.5, 0.6) is 11.5 Å². The highest BCUT2D eigenvalue weighted by Gasteiger charge is 2.42. The molecule has 1 aromatic carbocycles. The number of carbonyl (C=O) groups is 2. The van der Waals surface area contributed by atoms with E-state index in [1.54, 1.807) is 19.1 Å². The van der Waals surface area contributed by atoms with Crippen LogP contribution in [-0.2, 0) is 20.7 Å². The average Bonchev–Trinajstić information content (AvgIpc) is 3.20. The number of likely N-dealkylation sites (tertiary alicyclic amines) is 1. The summed E-state index contributed by atoms with van der Waals surface area (Å²) < 4.78 is 22.0. The van der Waals surface area contributed by atoms with Gasteiger partial charge in [-0.2, -0.15) is 0 Å². The molecule has 0 saturated carbocycles. The van der Waals surface area contributed by atoms with Crippen LogP contribution >= 0.6 is 0 Å². The van der Waals surface area contributed by atoms with E-state index in [1.165, 1.54) is 0 Å². The molecule has 198 valence electrons. The zero-order valence-electron chi connectivity index (χ0n) is 22.3. The first-order chi connectivity index (χ1) is 16.4. The molecule has 1 N–H and O–H groups in total. The summed E-state index contributed by atoms with van der Waals surface area (Å²) in [4.78, 5) is 26.2. The molecule has 3 atom stereocenters. The van der Waals surface area contributed by atoms with Crippen LogP contribution < -0.4 is 9.47 Å². The molecule has 1 heterocycles. The second-order valence-electron chi connectivity index (χ2n) is 10.7. The Kier molecular flexibility index (Phi) is 10.7. The van der Waals surface area contributed by atoms with Crippen LogP contribution in [0.25, 0.3) is 0 Å². The lowest BCUT2D eigenvalue weighted by molar-refractivity contribution is -0.142. The largest absolute Gasteiger partial charge is 0.493 e. The van der Waals surface area contributed by atoms with Gasteiger partial charge in [-0.05, 0) is 69.1 Å². The summed E-state index contributed by atoms with van der Waals surface area (Å²) in [7, 11) is 3.29. The molecule has 0 spiro atoms. The molecule has 2 rings (SSSR count). The average molecular weight is 494 g/mol. The first kappa shape index (κ1) is 28.8. The molecule has 0 aliphatic carbocycles. The molecule has 1 fully saturated rings. The van der Waals surface area contributed by atoms with Gasteiger partial charge in [-0.25, -0.2) is 4.79 Å². The second kappa shape index (κ2) is 13.0. The number of carbonyl (C=O) groups excluding carboxylic acids is 1. The molecule has 0 bridgehead atoms. The Hall–Kier alpha value is -2.48. The van der Waals surface area contributed by atoms with Gasteiger partial charge >= 0.3 is 12.1 Å². The first-order valence-corrected chi connectivity index (χ1v) is 12.4. The minimum atomic E-state index is -0.861. The molecule has 1 saturated heterocycles. The monoisotopic (exact) mass is 493 g/mol. The fourth-order valence-corrected chi connectivity index (χ4v) is 4.49. The Bertz CT molecular complexity index is 833. The first-order valence-electron chi connectivity index (χ1n) is 12.4. The summed E-state index contributed by atoms with van der Waals surface area (Å²) in [6.07, 6.45) is 1.83. The van der Waals surface area contributed by atoms with Crippen LogP contribution in [-0.4, -0.2) is 68.2 Å². The van der Waals surface area contributed by atoms with Crippen molar-refractivity contribution < 1.29 is 33.6 Å². The molecule has 1 aliphatic heterocycles. The van der Waals surface area contributed by atoms with Crippen molar-refractivity contribution in [2.24, 2.45) is 23.7 Å². The SMILES string of the molecule is COCCCOc1cc(C[C@@H](CC2CN(C(=O)OC(C)(C)C)CC2C(=O)O)C(C)C)ccc1OC. The van der Waals surface area contributed by atoms with Crippen LogP contribution in [0, 0.1) is 23.7 Å². The zero-order chi connectivity index (χ0) is 26.2. The number of carboxylic acid groups (broad SMARTS) is 1. The fourth-order valence-electron chi connectivity index (χ4n) is 4.49. The van der Waals surface area contributed by atoms with E-state index in [0.717, 1.165) is 18.4 Å². The van der Waals surface area contributed by atoms with E-state index in [4.69, 9.17) is 18.9 Å². The molecular formula is C27H43NO7. The van der Waals surface area contributed by atoms with E-state index in [-0.39, 0.29) is 18.4 Å². The summed E-state index contributed by atoms with van der Waals surface area (Å²) in [6.45, 7) is 11.5. The smallest absolute Gasteiger partial charge is 0.410 e. The highest BCUT2D eigenvalue weighted by molar-refractivity contribution is 5.74. The Labute approximate surface area is 209 Å². The number of aliphatic carboxylic acids is 1. The fraction of sp³-hybridized carbons (Fsp3) is 0.704. The van der Waals surface area contributed by atoms with Crippen molar-refractivity contribution in [3.05, 3.63) is 23.8 Å². The quantitative estimate of drug-likeness (QED) is 0.415. The summed E-state index contributed by atoms with van der Waals surface area (Å²) >= 11 is 0. The van der Waals surface area contributed by atoms with Gasteiger partial charge in [-0.3, -0.25) is 4.79 Å². The van der Waals surface area contributed by atoms with E-state index >= 15 is 0 Å². The van der Waals surface area contributed by atoms with Crippen molar-refractivity contribution in [2.75, 3.05) is 40.5 Å². The molecule has 1 amide bonds. The number of carboxylic acids is 1. The van der Waals surface area contributed by atoms with Gasteiger partial charge in [0.15, 0.2) is 11.5 Å². The minimum absolute atomic E-state index is 0.129. The van der Waals surface area contributed by atoms with E-state index in [2.05, 4.69) is 13.8 Å². The number of ether oxygens (including phenoxy) is 4. The number of benzene rings is 1. The van der Waals surface area contributed by atoms with Gasteiger partial charge in [-0.15, -0.1) is 0 Å². The van der Waals surface area contributed by atoms with Gasteiger partial charge in [0, 0.05) is 33.2 Å². The van der Waals surface area contributed by atoms with Crippen molar-refractivity contribution >= 4 is 12.1 Å². The maximum absolute atomic E-state index is 12.6. The number of hydrogen-bond acceptors (Lipinski definition) is 6. The van der Waals surface area contributed by atoms with Gasteiger partial charge in [0.25, 0.3) is 0 Å². The van der Waals surface area contributed by atoms with E-state index in [1.807, 2.05) is 39.0 Å². The van der Waals surface area contributed by atoms with Crippen molar-refractivity contribution in [2.45, 2.75) is 59.5 Å². The van der Waals surface area contributed by atoms with Crippen LogP contribution in [0.4, 0.5) is 4.79 Å². The number of methoxy groups -OCH3 is 2. The topological polar surface area (TPSA) is 94.5 Å². The minimum Gasteiger partial charge on any atom is -0.493 e. The lowest BCUT2D eigenvalue weighted by atomic mass is 9.79. The summed E-state index contributed by atoms with van der Waals surface area (Å²) in [5, 5.41) is 9.85. The molecular weight excluding hydrogens is 450 g/mol. The van der Waals surface area contributed by atoms with E-state index in [0.29, 0.717) is 43.6 Å². The highest BCUT2D eigenvalue weighted by atomic mass is 16.6. The van der Waals surface area contributed by atoms with Crippen molar-refractivity contribution in [1.29, 1.82) is 0 Å². The summed E-state index contributed by atoms with van der Waals surface area (Å²) in [6, 6.07) is 5.96. The van der Waals surface area contributed by atoms with Gasteiger partial charge in [0.2, 0.25) is 0 Å². The Morgan fingerprint density at radius 3 is 2.40 bits per heavy atom. The summed E-state index contributed by atoms with van der Waals surface area (Å²) in [5.41, 5.74) is 0.492. The lowest BCUT2D eigenvalue weighted by Gasteiger charge is -2.27. The van der Waals surface area contributed by atoms with Crippen molar-refractivity contribution in [1.82, 2.24) is 4.90 Å². The van der Waals surface area contributed by atoms with E-state index < -0.39 is 23.6 Å². The highest BCUT2D eigenvalue weighted by Crippen LogP contribution is 2.36. The number of nitrogens with zero attached hydrogens (tertiary/aromatic N) is 1. The van der Waals surface area contributed by atoms with Crippen LogP contribution in [0.3, 0.4) is 0 Å². The molecule has 8 heteroatoms.